The largest absolute Gasteiger partial charge is 0.443 e. The number of amides is 1. The van der Waals surface area contributed by atoms with Crippen LogP contribution < -0.4 is 0 Å². The van der Waals surface area contributed by atoms with Gasteiger partial charge in [0.15, 0.2) is 5.78 Å². The third kappa shape index (κ3) is 3.01. The minimum Gasteiger partial charge on any atom is -0.443 e. The summed E-state index contributed by atoms with van der Waals surface area (Å²) >= 11 is 0. The van der Waals surface area contributed by atoms with Gasteiger partial charge in [0, 0.05) is 0 Å². The van der Waals surface area contributed by atoms with E-state index in [0.717, 1.165) is 0 Å². The predicted molar refractivity (Wildman–Crippen MR) is 65.5 cm³/mol. The van der Waals surface area contributed by atoms with Crippen molar-refractivity contribution in [2.75, 3.05) is 5.75 Å². The number of sulfonamides is 1. The Balaban J connectivity index is 3.09. The maximum Gasteiger partial charge on any atom is 0.424 e. The molecule has 0 saturated carbocycles. The van der Waals surface area contributed by atoms with Gasteiger partial charge in [0.05, 0.1) is 0 Å². The first kappa shape index (κ1) is 14.9. The molecule has 0 spiro atoms. The summed E-state index contributed by atoms with van der Waals surface area (Å²) in [5, 5.41) is 0. The third-order valence-electron chi connectivity index (χ3n) is 2.41. The van der Waals surface area contributed by atoms with Gasteiger partial charge in [-0.15, -0.1) is 0 Å². The lowest BCUT2D eigenvalue weighted by atomic mass is 10.0. The molecule has 1 fully saturated rings. The zero-order valence-electron chi connectivity index (χ0n) is 11.3. The first-order chi connectivity index (χ1) is 7.96. The Hall–Kier alpha value is -1.11. The summed E-state index contributed by atoms with van der Waals surface area (Å²) in [6.07, 6.45) is -0.980. The molecule has 1 saturated heterocycles. The predicted octanol–water partition coefficient (Wildman–Crippen LogP) is 1.16. The minimum atomic E-state index is -3.89. The molecule has 0 radical (unpaired) electrons. The minimum absolute atomic E-state index is 0.276. The standard InChI is InChI=1S/C11H19NO5S/c1-7(2)9-8(13)6-18(15,16)12(9)10(14)17-11(3,4)5/h7,9H,6H2,1-5H3/t9-/m0/s1. The van der Waals surface area contributed by atoms with Crippen molar-refractivity contribution in [1.29, 1.82) is 0 Å². The molecule has 0 aromatic carbocycles. The highest BCUT2D eigenvalue weighted by Gasteiger charge is 2.49. The molecule has 1 heterocycles. The lowest BCUT2D eigenvalue weighted by molar-refractivity contribution is -0.120. The summed E-state index contributed by atoms with van der Waals surface area (Å²) < 4.78 is 29.3. The van der Waals surface area contributed by atoms with Gasteiger partial charge >= 0.3 is 6.09 Å². The van der Waals surface area contributed by atoms with Gasteiger partial charge in [-0.2, -0.15) is 4.31 Å². The van der Waals surface area contributed by atoms with Crippen LogP contribution in [0.5, 0.6) is 0 Å². The van der Waals surface area contributed by atoms with Gasteiger partial charge in [-0.1, -0.05) is 13.8 Å². The van der Waals surface area contributed by atoms with E-state index in [2.05, 4.69) is 0 Å². The highest BCUT2D eigenvalue weighted by molar-refractivity contribution is 7.90. The number of hydrogen-bond donors (Lipinski definition) is 0. The van der Waals surface area contributed by atoms with E-state index in [1.807, 2.05) is 0 Å². The molecular formula is C11H19NO5S. The van der Waals surface area contributed by atoms with E-state index in [1.165, 1.54) is 0 Å². The van der Waals surface area contributed by atoms with Crippen LogP contribution in [-0.2, 0) is 19.6 Å². The van der Waals surface area contributed by atoms with Gasteiger partial charge in [0.1, 0.15) is 17.4 Å². The Kier molecular flexibility index (Phi) is 3.76. The summed E-state index contributed by atoms with van der Waals surface area (Å²) in [6, 6.07) is -0.954. The number of hydrogen-bond acceptors (Lipinski definition) is 5. The fourth-order valence-corrected chi connectivity index (χ4v) is 3.46. The van der Waals surface area contributed by atoms with E-state index in [1.54, 1.807) is 34.6 Å². The number of ether oxygens (including phenoxy) is 1. The molecule has 0 aromatic rings. The molecule has 0 bridgehead atoms. The molecule has 104 valence electrons. The number of nitrogens with zero attached hydrogens (tertiary/aromatic N) is 1. The average Bonchev–Trinajstić information content (AvgIpc) is 2.31. The van der Waals surface area contributed by atoms with Crippen LogP contribution >= 0.6 is 0 Å². The first-order valence-electron chi connectivity index (χ1n) is 5.73. The van der Waals surface area contributed by atoms with Crippen molar-refractivity contribution in [3.05, 3.63) is 0 Å². The lowest BCUT2D eigenvalue weighted by Gasteiger charge is -2.28. The zero-order valence-corrected chi connectivity index (χ0v) is 12.1. The lowest BCUT2D eigenvalue weighted by Crippen LogP contribution is -2.45. The van der Waals surface area contributed by atoms with Crippen molar-refractivity contribution >= 4 is 21.9 Å². The maximum absolute atomic E-state index is 11.9. The maximum atomic E-state index is 11.9. The van der Waals surface area contributed by atoms with Gasteiger partial charge in [0.25, 0.3) is 0 Å². The molecule has 1 atom stereocenters. The summed E-state index contributed by atoms with van der Waals surface area (Å²) in [7, 11) is -3.89. The van der Waals surface area contributed by atoms with E-state index in [9.17, 15) is 18.0 Å². The average molecular weight is 277 g/mol. The van der Waals surface area contributed by atoms with Crippen LogP contribution in [0, 0.1) is 5.92 Å². The smallest absolute Gasteiger partial charge is 0.424 e. The van der Waals surface area contributed by atoms with E-state index in [0.29, 0.717) is 4.31 Å². The zero-order chi connectivity index (χ0) is 14.3. The second-order valence-corrected chi connectivity index (χ2v) is 7.53. The van der Waals surface area contributed by atoms with Crippen molar-refractivity contribution in [1.82, 2.24) is 4.31 Å². The molecular weight excluding hydrogens is 258 g/mol. The molecule has 1 amide bonds. The van der Waals surface area contributed by atoms with Crippen LogP contribution in [0.15, 0.2) is 0 Å². The molecule has 1 aliphatic heterocycles. The number of carbonyl (C=O) groups excluding carboxylic acids is 2. The van der Waals surface area contributed by atoms with Crippen LogP contribution in [-0.4, -0.2) is 42.0 Å². The van der Waals surface area contributed by atoms with Crippen LogP contribution in [0.1, 0.15) is 34.6 Å². The SMILES string of the molecule is CC(C)[C@H]1C(=O)CS(=O)(=O)N1C(=O)OC(C)(C)C. The van der Waals surface area contributed by atoms with Gasteiger partial charge in [-0.05, 0) is 26.7 Å². The van der Waals surface area contributed by atoms with E-state index in [4.69, 9.17) is 4.74 Å². The van der Waals surface area contributed by atoms with Crippen molar-refractivity contribution in [3.8, 4) is 0 Å². The summed E-state index contributed by atoms with van der Waals surface area (Å²) in [5.41, 5.74) is -0.806. The number of rotatable bonds is 1. The fraction of sp³-hybridized carbons (Fsp3) is 0.818. The fourth-order valence-electron chi connectivity index (χ4n) is 1.82. The second-order valence-electron chi connectivity index (χ2n) is 5.69. The molecule has 0 unspecified atom stereocenters. The highest BCUT2D eigenvalue weighted by atomic mass is 32.2. The number of ketones is 1. The summed E-state index contributed by atoms with van der Waals surface area (Å²) in [4.78, 5) is 23.6. The van der Waals surface area contributed by atoms with E-state index >= 15 is 0 Å². The Morgan fingerprint density at radius 1 is 1.39 bits per heavy atom. The van der Waals surface area contributed by atoms with Gasteiger partial charge in [-0.3, -0.25) is 4.79 Å². The Bertz CT molecular complexity index is 460. The molecule has 18 heavy (non-hydrogen) atoms. The molecule has 7 heteroatoms. The monoisotopic (exact) mass is 277 g/mol. The normalized spacial score (nSPS) is 23.6. The van der Waals surface area contributed by atoms with Crippen molar-refractivity contribution in [2.45, 2.75) is 46.3 Å². The van der Waals surface area contributed by atoms with Gasteiger partial charge < -0.3 is 4.74 Å². The van der Waals surface area contributed by atoms with Crippen LogP contribution in [0.3, 0.4) is 0 Å². The van der Waals surface area contributed by atoms with Crippen LogP contribution in [0.2, 0.25) is 0 Å². The molecule has 1 aliphatic rings. The van der Waals surface area contributed by atoms with Crippen molar-refractivity contribution in [3.63, 3.8) is 0 Å². The first-order valence-corrected chi connectivity index (χ1v) is 7.34. The van der Waals surface area contributed by atoms with E-state index < -0.39 is 39.3 Å². The van der Waals surface area contributed by atoms with E-state index in [-0.39, 0.29) is 5.92 Å². The van der Waals surface area contributed by atoms with Crippen molar-refractivity contribution in [2.24, 2.45) is 5.92 Å². The van der Waals surface area contributed by atoms with Crippen LogP contribution in [0.4, 0.5) is 4.79 Å². The Morgan fingerprint density at radius 3 is 2.28 bits per heavy atom. The Labute approximate surface area is 107 Å². The Morgan fingerprint density at radius 2 is 1.89 bits per heavy atom. The topological polar surface area (TPSA) is 80.8 Å². The summed E-state index contributed by atoms with van der Waals surface area (Å²) in [5.74, 6) is -1.37. The molecule has 0 aliphatic carbocycles. The quantitative estimate of drug-likeness (QED) is 0.718. The molecule has 0 N–H and O–H groups in total. The highest BCUT2D eigenvalue weighted by Crippen LogP contribution is 2.26. The number of carbonyl (C=O) groups is 2. The third-order valence-corrected chi connectivity index (χ3v) is 4.04. The van der Waals surface area contributed by atoms with Crippen LogP contribution in [0.25, 0.3) is 0 Å². The second kappa shape index (κ2) is 4.53. The molecule has 0 aromatic heterocycles. The van der Waals surface area contributed by atoms with Gasteiger partial charge in [-0.25, -0.2) is 13.2 Å². The number of Topliss-reactive ketones (excluding diaryl/α,β-unsaturated/α-hetero) is 1. The van der Waals surface area contributed by atoms with Gasteiger partial charge in [0.2, 0.25) is 10.0 Å². The molecule has 1 rings (SSSR count). The summed E-state index contributed by atoms with van der Waals surface area (Å²) in [6.45, 7) is 8.31. The van der Waals surface area contributed by atoms with Crippen molar-refractivity contribution < 1.29 is 22.7 Å². The molecule has 6 nitrogen and oxygen atoms in total.